The minimum atomic E-state index is 0.0683. The molecule has 0 heterocycles. The van der Waals surface area contributed by atoms with Crippen molar-refractivity contribution >= 4 is 16.9 Å². The van der Waals surface area contributed by atoms with Crippen molar-refractivity contribution in [3.8, 4) is 17.9 Å². The summed E-state index contributed by atoms with van der Waals surface area (Å²) in [6.07, 6.45) is 0. The predicted octanol–water partition coefficient (Wildman–Crippen LogP) is 5.96. The zero-order valence-electron chi connectivity index (χ0n) is 15.2. The van der Waals surface area contributed by atoms with Crippen LogP contribution in [0.3, 0.4) is 0 Å². The van der Waals surface area contributed by atoms with Gasteiger partial charge in [-0.25, -0.2) is 0 Å². The van der Waals surface area contributed by atoms with Crippen LogP contribution in [0.4, 0.5) is 11.4 Å². The fourth-order valence-electron chi connectivity index (χ4n) is 2.66. The van der Waals surface area contributed by atoms with E-state index < -0.39 is 0 Å². The molecule has 28 heavy (non-hydrogen) atoms. The molecular weight excluding hydrogens is 348 g/mol. The summed E-state index contributed by atoms with van der Waals surface area (Å²) >= 11 is 0. The first kappa shape index (κ1) is 18.6. The third kappa shape index (κ3) is 4.30. The van der Waals surface area contributed by atoms with Gasteiger partial charge in [-0.3, -0.25) is 0 Å². The second-order valence-electron chi connectivity index (χ2n) is 5.78. The van der Waals surface area contributed by atoms with Crippen LogP contribution >= 0.6 is 0 Å². The summed E-state index contributed by atoms with van der Waals surface area (Å²) in [5.41, 5.74) is 3.64. The molecule has 0 aliphatic carbocycles. The highest BCUT2D eigenvalue weighted by Gasteiger charge is 2.11. The van der Waals surface area contributed by atoms with E-state index in [0.717, 1.165) is 16.9 Å². The average Bonchev–Trinajstić information content (AvgIpc) is 2.77. The van der Waals surface area contributed by atoms with Gasteiger partial charge in [0.05, 0.1) is 18.5 Å². The molecular formula is C23H16N4O. The Hall–Kier alpha value is -4.22. The molecule has 3 aromatic carbocycles. The highest BCUT2D eigenvalue weighted by atomic mass is 16.5. The van der Waals surface area contributed by atoms with E-state index >= 15 is 0 Å². The van der Waals surface area contributed by atoms with E-state index in [1.807, 2.05) is 78.9 Å². The van der Waals surface area contributed by atoms with Gasteiger partial charge in [-0.1, -0.05) is 42.5 Å². The molecule has 134 valence electrons. The molecule has 0 spiro atoms. The summed E-state index contributed by atoms with van der Waals surface area (Å²) in [7, 11) is 1.61. The van der Waals surface area contributed by atoms with Gasteiger partial charge < -0.3 is 4.74 Å². The number of nitriles is 2. The molecule has 0 N–H and O–H groups in total. The lowest BCUT2D eigenvalue weighted by Crippen LogP contribution is -1.92. The number of methoxy groups -OCH3 is 1. The van der Waals surface area contributed by atoms with Crippen molar-refractivity contribution in [1.82, 2.24) is 0 Å². The number of allylic oxidation sites excluding steroid dienone is 1. The fraction of sp³-hybridized carbons (Fsp3) is 0.0435. The van der Waals surface area contributed by atoms with Crippen molar-refractivity contribution in [2.45, 2.75) is 0 Å². The van der Waals surface area contributed by atoms with Crippen LogP contribution in [-0.4, -0.2) is 7.11 Å². The molecule has 0 aliphatic rings. The molecule has 5 nitrogen and oxygen atoms in total. The lowest BCUT2D eigenvalue weighted by molar-refractivity contribution is 0.415. The van der Waals surface area contributed by atoms with Crippen molar-refractivity contribution in [2.24, 2.45) is 10.2 Å². The van der Waals surface area contributed by atoms with Crippen molar-refractivity contribution in [3.05, 3.63) is 95.6 Å². The van der Waals surface area contributed by atoms with E-state index in [1.54, 1.807) is 19.2 Å². The molecule has 0 fully saturated rings. The van der Waals surface area contributed by atoms with Crippen molar-refractivity contribution in [3.63, 3.8) is 0 Å². The first-order chi connectivity index (χ1) is 13.7. The number of hydrogen-bond acceptors (Lipinski definition) is 5. The SMILES string of the molecule is COc1ccc(N=Nc2ccc(C(=C(C#N)C#N)c3ccccc3)cc2)cc1. The summed E-state index contributed by atoms with van der Waals surface area (Å²) in [5.74, 6) is 0.759. The van der Waals surface area contributed by atoms with Crippen LogP contribution in [0.1, 0.15) is 11.1 Å². The Morgan fingerprint density at radius 3 is 1.71 bits per heavy atom. The number of hydrogen-bond donors (Lipinski definition) is 0. The standard InChI is InChI=1S/C23H16N4O/c1-28-22-13-11-21(12-14-22)27-26-20-9-7-18(8-10-20)23(19(15-24)16-25)17-5-3-2-4-6-17/h2-14H,1H3. The number of azo groups is 1. The number of benzene rings is 3. The summed E-state index contributed by atoms with van der Waals surface area (Å²) in [6.45, 7) is 0. The van der Waals surface area contributed by atoms with Gasteiger partial charge in [-0.15, -0.1) is 0 Å². The van der Waals surface area contributed by atoms with E-state index in [2.05, 4.69) is 10.2 Å². The van der Waals surface area contributed by atoms with Crippen LogP contribution in [0.2, 0.25) is 0 Å². The molecule has 0 radical (unpaired) electrons. The minimum Gasteiger partial charge on any atom is -0.497 e. The molecule has 5 heteroatoms. The molecule has 0 unspecified atom stereocenters. The van der Waals surface area contributed by atoms with Gasteiger partial charge in [0.1, 0.15) is 23.5 Å². The van der Waals surface area contributed by atoms with E-state index in [9.17, 15) is 10.5 Å². The van der Waals surface area contributed by atoms with Crippen molar-refractivity contribution < 1.29 is 4.74 Å². The highest BCUT2D eigenvalue weighted by molar-refractivity contribution is 5.86. The van der Waals surface area contributed by atoms with Crippen LogP contribution in [0, 0.1) is 22.7 Å². The van der Waals surface area contributed by atoms with Crippen LogP contribution < -0.4 is 4.74 Å². The van der Waals surface area contributed by atoms with E-state index in [1.165, 1.54) is 0 Å². The van der Waals surface area contributed by atoms with Crippen LogP contribution in [-0.2, 0) is 0 Å². The summed E-state index contributed by atoms with van der Waals surface area (Å²) in [6, 6.07) is 27.9. The summed E-state index contributed by atoms with van der Waals surface area (Å²) in [4.78, 5) is 0. The van der Waals surface area contributed by atoms with E-state index in [0.29, 0.717) is 16.9 Å². The Morgan fingerprint density at radius 2 is 1.21 bits per heavy atom. The first-order valence-electron chi connectivity index (χ1n) is 8.51. The zero-order chi connectivity index (χ0) is 19.8. The highest BCUT2D eigenvalue weighted by Crippen LogP contribution is 2.29. The second-order valence-corrected chi connectivity index (χ2v) is 5.78. The molecule has 3 aromatic rings. The van der Waals surface area contributed by atoms with Gasteiger partial charge in [0.2, 0.25) is 0 Å². The number of rotatable bonds is 5. The predicted molar refractivity (Wildman–Crippen MR) is 107 cm³/mol. The third-order valence-corrected chi connectivity index (χ3v) is 4.05. The Bertz CT molecular complexity index is 1070. The van der Waals surface area contributed by atoms with Crippen LogP contribution in [0.5, 0.6) is 5.75 Å². The maximum absolute atomic E-state index is 9.35. The topological polar surface area (TPSA) is 81.5 Å². The molecule has 3 rings (SSSR count). The minimum absolute atomic E-state index is 0.0683. The molecule has 0 bridgehead atoms. The monoisotopic (exact) mass is 364 g/mol. The quantitative estimate of drug-likeness (QED) is 0.414. The van der Waals surface area contributed by atoms with Gasteiger partial charge in [-0.2, -0.15) is 20.8 Å². The van der Waals surface area contributed by atoms with Gasteiger partial charge in [-0.05, 0) is 47.5 Å². The molecule has 0 aliphatic heterocycles. The number of nitrogens with zero attached hydrogens (tertiary/aromatic N) is 4. The molecule has 0 atom stereocenters. The second kappa shape index (κ2) is 8.93. The molecule has 0 aromatic heterocycles. The zero-order valence-corrected chi connectivity index (χ0v) is 15.2. The maximum Gasteiger partial charge on any atom is 0.138 e. The Kier molecular flexibility index (Phi) is 5.92. The average molecular weight is 364 g/mol. The smallest absolute Gasteiger partial charge is 0.138 e. The fourth-order valence-corrected chi connectivity index (χ4v) is 2.66. The van der Waals surface area contributed by atoms with Gasteiger partial charge >= 0.3 is 0 Å². The largest absolute Gasteiger partial charge is 0.497 e. The normalized spacial score (nSPS) is 10.1. The Balaban J connectivity index is 1.89. The van der Waals surface area contributed by atoms with Crippen LogP contribution in [0.25, 0.3) is 5.57 Å². The van der Waals surface area contributed by atoms with Gasteiger partial charge in [0.25, 0.3) is 0 Å². The maximum atomic E-state index is 9.35. The van der Waals surface area contributed by atoms with E-state index in [-0.39, 0.29) is 5.57 Å². The lowest BCUT2D eigenvalue weighted by Gasteiger charge is -2.08. The third-order valence-electron chi connectivity index (χ3n) is 4.05. The molecule has 0 saturated heterocycles. The molecule has 0 amide bonds. The van der Waals surface area contributed by atoms with E-state index in [4.69, 9.17) is 4.74 Å². The van der Waals surface area contributed by atoms with Gasteiger partial charge in [0.15, 0.2) is 0 Å². The van der Waals surface area contributed by atoms with Gasteiger partial charge in [0, 0.05) is 5.57 Å². The number of ether oxygens (including phenoxy) is 1. The van der Waals surface area contributed by atoms with Crippen molar-refractivity contribution in [1.29, 1.82) is 10.5 Å². The Labute approximate surface area is 163 Å². The Morgan fingerprint density at radius 1 is 0.714 bits per heavy atom. The van der Waals surface area contributed by atoms with Crippen LogP contribution in [0.15, 0.2) is 94.7 Å². The summed E-state index contributed by atoms with van der Waals surface area (Å²) < 4.78 is 5.12. The van der Waals surface area contributed by atoms with Crippen molar-refractivity contribution in [2.75, 3.05) is 7.11 Å². The molecule has 0 saturated carbocycles. The first-order valence-corrected chi connectivity index (χ1v) is 8.51. The summed E-state index contributed by atoms with van der Waals surface area (Å²) in [5, 5.41) is 27.1. The lowest BCUT2D eigenvalue weighted by atomic mass is 9.94.